The van der Waals surface area contributed by atoms with Crippen molar-refractivity contribution in [3.63, 3.8) is 0 Å². The molecule has 2 aliphatic rings. The van der Waals surface area contributed by atoms with E-state index in [1.807, 2.05) is 49.1 Å². The Morgan fingerprint density at radius 1 is 1.11 bits per heavy atom. The molecule has 0 radical (unpaired) electrons. The van der Waals surface area contributed by atoms with Crippen molar-refractivity contribution < 1.29 is 14.3 Å². The standard InChI is InChI=1S/C26H23Cl2N3O3S/c1-3-33-20-6-4-5-19-22-21(24(32)29-17-11-7-15(27)8-12-17)26(2,34-23(19)20)31(25(35)30-22)18-13-9-16(28)10-14-18/h4-14,21-22H,3H2,1-2H3,(H,29,32)(H,30,35)/t21-,22+,26+/m0/s1. The van der Waals surface area contributed by atoms with Gasteiger partial charge in [-0.25, -0.2) is 0 Å². The van der Waals surface area contributed by atoms with Crippen LogP contribution in [0.3, 0.4) is 0 Å². The first-order valence-corrected chi connectivity index (χ1v) is 12.4. The zero-order valence-electron chi connectivity index (χ0n) is 19.0. The van der Waals surface area contributed by atoms with E-state index in [2.05, 4.69) is 10.6 Å². The molecule has 2 heterocycles. The SMILES string of the molecule is CCOc1cccc2c1O[C@]1(C)[C@H](C(=O)Nc3ccc(Cl)cc3)[C@@H]2NC(=S)N1c1ccc(Cl)cc1. The summed E-state index contributed by atoms with van der Waals surface area (Å²) in [5, 5.41) is 8.05. The summed E-state index contributed by atoms with van der Waals surface area (Å²) in [4.78, 5) is 15.7. The maximum absolute atomic E-state index is 13.8. The lowest BCUT2D eigenvalue weighted by atomic mass is 9.78. The fraction of sp³-hybridized carbons (Fsp3) is 0.231. The van der Waals surface area contributed by atoms with Crippen molar-refractivity contribution in [3.8, 4) is 11.5 Å². The number of carbonyl (C=O) groups is 1. The Labute approximate surface area is 219 Å². The van der Waals surface area contributed by atoms with E-state index in [9.17, 15) is 4.79 Å². The maximum Gasteiger partial charge on any atom is 0.236 e. The van der Waals surface area contributed by atoms with Gasteiger partial charge in [-0.05, 0) is 80.7 Å². The number of amides is 1. The lowest BCUT2D eigenvalue weighted by Crippen LogP contribution is -2.72. The topological polar surface area (TPSA) is 62.8 Å². The number of carbonyl (C=O) groups excluding carboxylic acids is 1. The van der Waals surface area contributed by atoms with Crippen LogP contribution in [0.1, 0.15) is 25.5 Å². The van der Waals surface area contributed by atoms with Gasteiger partial charge in [-0.2, -0.15) is 0 Å². The predicted octanol–water partition coefficient (Wildman–Crippen LogP) is 6.19. The van der Waals surface area contributed by atoms with Crippen LogP contribution in [-0.2, 0) is 4.79 Å². The quantitative estimate of drug-likeness (QED) is 0.385. The molecule has 1 amide bonds. The van der Waals surface area contributed by atoms with E-state index in [-0.39, 0.29) is 5.91 Å². The molecule has 6 nitrogen and oxygen atoms in total. The van der Waals surface area contributed by atoms with Crippen LogP contribution in [0.25, 0.3) is 0 Å². The van der Waals surface area contributed by atoms with Gasteiger partial charge in [-0.15, -0.1) is 0 Å². The first-order chi connectivity index (χ1) is 16.8. The minimum Gasteiger partial charge on any atom is -0.490 e. The van der Waals surface area contributed by atoms with Crippen LogP contribution < -0.4 is 25.0 Å². The first kappa shape index (κ1) is 23.7. The Kier molecular flexibility index (Phi) is 6.25. The monoisotopic (exact) mass is 527 g/mol. The highest BCUT2D eigenvalue weighted by Crippen LogP contribution is 2.52. The number of thiocarbonyl (C=S) groups is 1. The Bertz CT molecular complexity index is 1290. The van der Waals surface area contributed by atoms with Gasteiger partial charge in [-0.3, -0.25) is 9.69 Å². The second-order valence-electron chi connectivity index (χ2n) is 8.48. The van der Waals surface area contributed by atoms with E-state index in [0.29, 0.717) is 39.0 Å². The van der Waals surface area contributed by atoms with Crippen molar-refractivity contribution in [1.29, 1.82) is 0 Å². The number of para-hydroxylation sites is 1. The van der Waals surface area contributed by atoms with Crippen molar-refractivity contribution in [1.82, 2.24) is 5.32 Å². The molecule has 0 saturated carbocycles. The molecule has 35 heavy (non-hydrogen) atoms. The van der Waals surface area contributed by atoms with E-state index in [4.69, 9.17) is 44.9 Å². The summed E-state index contributed by atoms with van der Waals surface area (Å²) in [5.41, 5.74) is 1.02. The minimum absolute atomic E-state index is 0.221. The van der Waals surface area contributed by atoms with Gasteiger partial charge in [0.05, 0.1) is 12.6 Å². The Morgan fingerprint density at radius 3 is 2.43 bits per heavy atom. The molecule has 3 atom stereocenters. The summed E-state index contributed by atoms with van der Waals surface area (Å²) in [6.45, 7) is 4.27. The summed E-state index contributed by atoms with van der Waals surface area (Å²) >= 11 is 18.0. The molecule has 0 unspecified atom stereocenters. The van der Waals surface area contributed by atoms with Gasteiger partial charge in [0, 0.05) is 27.0 Å². The molecule has 180 valence electrons. The third-order valence-corrected chi connectivity index (χ3v) is 7.07. The highest BCUT2D eigenvalue weighted by atomic mass is 35.5. The number of halogens is 2. The van der Waals surface area contributed by atoms with Crippen LogP contribution in [0.4, 0.5) is 11.4 Å². The average molecular weight is 528 g/mol. The molecule has 2 N–H and O–H groups in total. The summed E-state index contributed by atoms with van der Waals surface area (Å²) in [5.74, 6) is 0.306. The molecule has 0 aromatic heterocycles. The van der Waals surface area contributed by atoms with Crippen LogP contribution in [0.2, 0.25) is 10.0 Å². The summed E-state index contributed by atoms with van der Waals surface area (Å²) < 4.78 is 12.6. The van der Waals surface area contributed by atoms with Crippen LogP contribution in [0, 0.1) is 5.92 Å². The van der Waals surface area contributed by atoms with E-state index in [0.717, 1.165) is 11.3 Å². The van der Waals surface area contributed by atoms with Crippen LogP contribution in [0.15, 0.2) is 66.7 Å². The van der Waals surface area contributed by atoms with E-state index >= 15 is 0 Å². The van der Waals surface area contributed by atoms with Crippen molar-refractivity contribution in [2.24, 2.45) is 5.92 Å². The van der Waals surface area contributed by atoms with E-state index in [1.165, 1.54) is 0 Å². The summed E-state index contributed by atoms with van der Waals surface area (Å²) in [6.07, 6.45) is 0. The second-order valence-corrected chi connectivity index (χ2v) is 9.74. The zero-order valence-corrected chi connectivity index (χ0v) is 21.4. The third-order valence-electron chi connectivity index (χ3n) is 6.27. The van der Waals surface area contributed by atoms with Gasteiger partial charge >= 0.3 is 0 Å². The average Bonchev–Trinajstić information content (AvgIpc) is 2.82. The number of rotatable bonds is 5. The Balaban J connectivity index is 1.63. The molecule has 2 bridgehead atoms. The summed E-state index contributed by atoms with van der Waals surface area (Å²) in [6, 6.07) is 19.5. The lowest BCUT2D eigenvalue weighted by molar-refractivity contribution is -0.130. The molecule has 2 aliphatic heterocycles. The maximum atomic E-state index is 13.8. The number of anilines is 2. The van der Waals surface area contributed by atoms with Gasteiger partial charge in [0.15, 0.2) is 22.3 Å². The third kappa shape index (κ3) is 4.18. The van der Waals surface area contributed by atoms with Crippen molar-refractivity contribution in [2.75, 3.05) is 16.8 Å². The van der Waals surface area contributed by atoms with Crippen LogP contribution >= 0.6 is 35.4 Å². The summed E-state index contributed by atoms with van der Waals surface area (Å²) in [7, 11) is 0. The smallest absolute Gasteiger partial charge is 0.236 e. The molecule has 0 spiro atoms. The minimum atomic E-state index is -1.17. The molecule has 1 fully saturated rings. The lowest BCUT2D eigenvalue weighted by Gasteiger charge is -2.56. The van der Waals surface area contributed by atoms with E-state index < -0.39 is 17.7 Å². The number of fused-ring (bicyclic) bond motifs is 4. The number of nitrogens with one attached hydrogen (secondary N) is 2. The zero-order chi connectivity index (χ0) is 24.7. The number of hydrogen-bond acceptors (Lipinski definition) is 4. The van der Waals surface area contributed by atoms with Crippen molar-refractivity contribution >= 4 is 57.8 Å². The first-order valence-electron chi connectivity index (χ1n) is 11.2. The number of nitrogens with zero attached hydrogens (tertiary/aromatic N) is 1. The highest BCUT2D eigenvalue weighted by Gasteiger charge is 2.59. The number of hydrogen-bond donors (Lipinski definition) is 2. The predicted molar refractivity (Wildman–Crippen MR) is 143 cm³/mol. The molecular formula is C26H23Cl2N3O3S. The van der Waals surface area contributed by atoms with Gasteiger partial charge in [0.25, 0.3) is 0 Å². The molecule has 3 aromatic carbocycles. The van der Waals surface area contributed by atoms with Crippen molar-refractivity contribution in [3.05, 3.63) is 82.3 Å². The Hall–Kier alpha value is -3.00. The largest absolute Gasteiger partial charge is 0.490 e. The van der Waals surface area contributed by atoms with Crippen LogP contribution in [-0.4, -0.2) is 23.4 Å². The molecule has 5 rings (SSSR count). The van der Waals surface area contributed by atoms with Crippen molar-refractivity contribution in [2.45, 2.75) is 25.6 Å². The molecule has 9 heteroatoms. The van der Waals surface area contributed by atoms with Gasteiger partial charge in [0.2, 0.25) is 5.91 Å². The Morgan fingerprint density at radius 2 is 1.77 bits per heavy atom. The molecule has 3 aromatic rings. The van der Waals surface area contributed by atoms with Gasteiger partial charge in [-0.1, -0.05) is 35.3 Å². The number of ether oxygens (including phenoxy) is 2. The molecular weight excluding hydrogens is 505 g/mol. The van der Waals surface area contributed by atoms with E-state index in [1.54, 1.807) is 36.4 Å². The second kappa shape index (κ2) is 9.22. The highest BCUT2D eigenvalue weighted by molar-refractivity contribution is 7.80. The molecule has 1 saturated heterocycles. The van der Waals surface area contributed by atoms with Crippen LogP contribution in [0.5, 0.6) is 11.5 Å². The fourth-order valence-corrected chi connectivity index (χ4v) is 5.44. The number of benzene rings is 3. The van der Waals surface area contributed by atoms with Gasteiger partial charge < -0.3 is 20.1 Å². The van der Waals surface area contributed by atoms with Gasteiger partial charge in [0.1, 0.15) is 5.92 Å². The molecule has 0 aliphatic carbocycles. The fourth-order valence-electron chi connectivity index (χ4n) is 4.77. The normalized spacial score (nSPS) is 22.5.